The maximum absolute atomic E-state index is 12.0. The van der Waals surface area contributed by atoms with E-state index in [0.29, 0.717) is 18.5 Å². The first-order chi connectivity index (χ1) is 7.16. The first kappa shape index (κ1) is 12.8. The Balaban J connectivity index is 2.58. The van der Waals surface area contributed by atoms with Crippen LogP contribution in [0.2, 0.25) is 0 Å². The van der Waals surface area contributed by atoms with Gasteiger partial charge >= 0.3 is 0 Å². The van der Waals surface area contributed by atoms with E-state index in [2.05, 4.69) is 0 Å². The first-order valence-electron chi connectivity index (χ1n) is 6.03. The Labute approximate surface area is 98.0 Å². The van der Waals surface area contributed by atoms with Crippen LogP contribution in [0.15, 0.2) is 0 Å². The Morgan fingerprint density at radius 2 is 1.93 bits per heavy atom. The molecule has 0 aromatic carbocycles. The van der Waals surface area contributed by atoms with Crippen LogP contribution in [0.5, 0.6) is 0 Å². The molecular weight excluding hydrogens is 210 g/mol. The summed E-state index contributed by atoms with van der Waals surface area (Å²) in [6, 6.07) is 0.451. The second-order valence-electron chi connectivity index (χ2n) is 4.67. The molecule has 0 aliphatic heterocycles. The quantitative estimate of drug-likeness (QED) is 0.681. The first-order valence-corrected chi connectivity index (χ1v) is 6.56. The number of nitrogens with zero attached hydrogens (tertiary/aromatic N) is 1. The Hall–Kier alpha value is -0.240. The second kappa shape index (κ2) is 6.37. The summed E-state index contributed by atoms with van der Waals surface area (Å²) in [4.78, 5) is 14.0. The molecule has 0 N–H and O–H groups in total. The highest BCUT2D eigenvalue weighted by Crippen LogP contribution is 2.23. The number of halogens is 1. The topological polar surface area (TPSA) is 20.3 Å². The molecule has 1 fully saturated rings. The van der Waals surface area contributed by atoms with Gasteiger partial charge in [0.15, 0.2) is 0 Å². The van der Waals surface area contributed by atoms with Gasteiger partial charge in [0.05, 0.1) is 0 Å². The highest BCUT2D eigenvalue weighted by atomic mass is 35.5. The summed E-state index contributed by atoms with van der Waals surface area (Å²) in [6.45, 7) is 4.64. The number of alkyl halides is 1. The van der Waals surface area contributed by atoms with Crippen LogP contribution < -0.4 is 0 Å². The fourth-order valence-electron chi connectivity index (χ4n) is 2.29. The lowest BCUT2D eigenvalue weighted by atomic mass is 9.93. The third kappa shape index (κ3) is 3.67. The molecule has 1 rings (SSSR count). The van der Waals surface area contributed by atoms with Crippen molar-refractivity contribution in [2.24, 2.45) is 5.92 Å². The minimum Gasteiger partial charge on any atom is -0.338 e. The molecule has 0 heterocycles. The minimum atomic E-state index is 0.0927. The van der Waals surface area contributed by atoms with Gasteiger partial charge in [-0.2, -0.15) is 0 Å². The van der Waals surface area contributed by atoms with Gasteiger partial charge in [0, 0.05) is 24.4 Å². The van der Waals surface area contributed by atoms with Gasteiger partial charge in [0.25, 0.3) is 0 Å². The summed E-state index contributed by atoms with van der Waals surface area (Å²) in [5.41, 5.74) is 0. The largest absolute Gasteiger partial charge is 0.338 e. The van der Waals surface area contributed by atoms with E-state index in [9.17, 15) is 4.79 Å². The fourth-order valence-corrected chi connectivity index (χ4v) is 2.47. The van der Waals surface area contributed by atoms with Crippen LogP contribution >= 0.6 is 11.6 Å². The molecule has 0 unspecified atom stereocenters. The van der Waals surface area contributed by atoms with E-state index in [4.69, 9.17) is 11.6 Å². The van der Waals surface area contributed by atoms with E-state index in [1.807, 2.05) is 18.7 Å². The summed E-state index contributed by atoms with van der Waals surface area (Å²) in [5, 5.41) is 0. The molecule has 0 spiro atoms. The van der Waals surface area contributed by atoms with Gasteiger partial charge in [-0.1, -0.05) is 33.1 Å². The lowest BCUT2D eigenvalue weighted by Gasteiger charge is -2.35. The Kier molecular flexibility index (Phi) is 5.44. The Bertz CT molecular complexity index is 200. The van der Waals surface area contributed by atoms with Crippen molar-refractivity contribution in [3.05, 3.63) is 0 Å². The van der Waals surface area contributed by atoms with Crippen LogP contribution in [-0.4, -0.2) is 29.3 Å². The summed E-state index contributed by atoms with van der Waals surface area (Å²) < 4.78 is 0. The monoisotopic (exact) mass is 231 g/mol. The fraction of sp³-hybridized carbons (Fsp3) is 0.917. The van der Waals surface area contributed by atoms with E-state index in [1.165, 1.54) is 19.3 Å². The van der Waals surface area contributed by atoms with Crippen molar-refractivity contribution in [3.63, 3.8) is 0 Å². The van der Waals surface area contributed by atoms with Gasteiger partial charge in [0.1, 0.15) is 0 Å². The van der Waals surface area contributed by atoms with Gasteiger partial charge in [-0.15, -0.1) is 11.6 Å². The van der Waals surface area contributed by atoms with Gasteiger partial charge in [-0.05, 0) is 12.8 Å². The summed E-state index contributed by atoms with van der Waals surface area (Å²) >= 11 is 5.77. The van der Waals surface area contributed by atoms with Crippen molar-refractivity contribution in [1.82, 2.24) is 4.90 Å². The molecule has 1 aliphatic rings. The average molecular weight is 232 g/mol. The zero-order chi connectivity index (χ0) is 11.3. The maximum atomic E-state index is 12.0. The lowest BCUT2D eigenvalue weighted by molar-refractivity contribution is -0.137. The molecule has 0 radical (unpaired) electrons. The van der Waals surface area contributed by atoms with Crippen LogP contribution in [0.1, 0.15) is 46.0 Å². The molecule has 1 amide bonds. The molecular formula is C12H22ClNO. The normalized spacial score (nSPS) is 18.1. The molecule has 88 valence electrons. The van der Waals surface area contributed by atoms with Gasteiger partial charge < -0.3 is 4.90 Å². The van der Waals surface area contributed by atoms with Crippen LogP contribution in [0.25, 0.3) is 0 Å². The summed E-state index contributed by atoms with van der Waals surface area (Å²) in [7, 11) is 0. The van der Waals surface area contributed by atoms with Crippen molar-refractivity contribution >= 4 is 17.5 Å². The smallest absolute Gasteiger partial charge is 0.225 e. The highest BCUT2D eigenvalue weighted by Gasteiger charge is 2.26. The molecule has 0 atom stereocenters. The number of rotatable bonds is 4. The van der Waals surface area contributed by atoms with Crippen LogP contribution in [-0.2, 0) is 4.79 Å². The molecule has 0 bridgehead atoms. The maximum Gasteiger partial charge on any atom is 0.225 e. The van der Waals surface area contributed by atoms with Gasteiger partial charge in [-0.25, -0.2) is 0 Å². The van der Waals surface area contributed by atoms with E-state index < -0.39 is 0 Å². The van der Waals surface area contributed by atoms with Crippen LogP contribution in [0.3, 0.4) is 0 Å². The molecule has 0 saturated heterocycles. The molecule has 1 aliphatic carbocycles. The van der Waals surface area contributed by atoms with Gasteiger partial charge in [0.2, 0.25) is 5.91 Å². The third-order valence-corrected chi connectivity index (χ3v) is 3.29. The zero-order valence-corrected chi connectivity index (χ0v) is 10.6. The average Bonchev–Trinajstić information content (AvgIpc) is 2.26. The van der Waals surface area contributed by atoms with Crippen molar-refractivity contribution in [3.8, 4) is 0 Å². The van der Waals surface area contributed by atoms with E-state index >= 15 is 0 Å². The number of hydrogen-bond donors (Lipinski definition) is 0. The molecule has 2 nitrogen and oxygen atoms in total. The highest BCUT2D eigenvalue weighted by molar-refractivity contribution is 6.18. The van der Waals surface area contributed by atoms with E-state index in [-0.39, 0.29) is 11.8 Å². The SMILES string of the molecule is CC(C)C(=O)N(CCCl)C1CCCCC1. The second-order valence-corrected chi connectivity index (χ2v) is 5.05. The van der Waals surface area contributed by atoms with E-state index in [0.717, 1.165) is 12.8 Å². The minimum absolute atomic E-state index is 0.0927. The standard InChI is InChI=1S/C12H22ClNO/c1-10(2)12(15)14(9-8-13)11-6-4-3-5-7-11/h10-11H,3-9H2,1-2H3. The molecule has 15 heavy (non-hydrogen) atoms. The van der Waals surface area contributed by atoms with Crippen molar-refractivity contribution in [2.75, 3.05) is 12.4 Å². The van der Waals surface area contributed by atoms with E-state index in [1.54, 1.807) is 0 Å². The number of carbonyl (C=O) groups excluding carboxylic acids is 1. The van der Waals surface area contributed by atoms with Crippen LogP contribution in [0, 0.1) is 5.92 Å². The third-order valence-electron chi connectivity index (χ3n) is 3.12. The number of amides is 1. The van der Waals surface area contributed by atoms with Crippen molar-refractivity contribution < 1.29 is 4.79 Å². The molecule has 3 heteroatoms. The predicted octanol–water partition coefficient (Wildman–Crippen LogP) is 3.04. The Morgan fingerprint density at radius 3 is 2.40 bits per heavy atom. The number of hydrogen-bond acceptors (Lipinski definition) is 1. The lowest BCUT2D eigenvalue weighted by Crippen LogP contribution is -2.44. The predicted molar refractivity (Wildman–Crippen MR) is 64.1 cm³/mol. The van der Waals surface area contributed by atoms with Crippen molar-refractivity contribution in [2.45, 2.75) is 52.0 Å². The summed E-state index contributed by atoms with van der Waals surface area (Å²) in [5.74, 6) is 0.910. The summed E-state index contributed by atoms with van der Waals surface area (Å²) in [6.07, 6.45) is 6.16. The molecule has 0 aromatic heterocycles. The zero-order valence-electron chi connectivity index (χ0n) is 9.84. The molecule has 1 saturated carbocycles. The Morgan fingerprint density at radius 1 is 1.33 bits per heavy atom. The van der Waals surface area contributed by atoms with Gasteiger partial charge in [-0.3, -0.25) is 4.79 Å². The number of carbonyl (C=O) groups is 1. The van der Waals surface area contributed by atoms with Crippen LogP contribution in [0.4, 0.5) is 0 Å². The molecule has 0 aromatic rings. The van der Waals surface area contributed by atoms with Crippen molar-refractivity contribution in [1.29, 1.82) is 0 Å².